The number of benzene rings is 1. The van der Waals surface area contributed by atoms with Gasteiger partial charge in [-0.05, 0) is 82.3 Å². The molecule has 0 saturated carbocycles. The summed E-state index contributed by atoms with van der Waals surface area (Å²) < 4.78 is 14.6. The Bertz CT molecular complexity index is 887. The molecule has 2 aromatic rings. The van der Waals surface area contributed by atoms with E-state index in [0.717, 1.165) is 62.7 Å². The molecule has 1 aliphatic carbocycles. The van der Waals surface area contributed by atoms with Gasteiger partial charge in [-0.25, -0.2) is 4.39 Å². The first-order valence-corrected chi connectivity index (χ1v) is 11.3. The number of piperidine rings is 1. The third-order valence-corrected chi connectivity index (χ3v) is 6.76. The van der Waals surface area contributed by atoms with Crippen LogP contribution in [-0.2, 0) is 19.4 Å². The highest BCUT2D eigenvalue weighted by molar-refractivity contribution is 5.97. The van der Waals surface area contributed by atoms with Gasteiger partial charge in [0, 0.05) is 35.7 Å². The first-order chi connectivity index (χ1) is 14.9. The molecule has 6 nitrogen and oxygen atoms in total. The first-order valence-electron chi connectivity index (χ1n) is 11.3. The summed E-state index contributed by atoms with van der Waals surface area (Å²) in [5, 5.41) is 31.4. The number of aliphatic hydroxyl groups excluding tert-OH is 1. The molecule has 0 spiro atoms. The van der Waals surface area contributed by atoms with Crippen molar-refractivity contribution in [1.82, 2.24) is 9.47 Å². The van der Waals surface area contributed by atoms with Crippen LogP contribution < -0.4 is 0 Å². The van der Waals surface area contributed by atoms with E-state index >= 15 is 0 Å². The van der Waals surface area contributed by atoms with Gasteiger partial charge in [0.1, 0.15) is 5.82 Å². The van der Waals surface area contributed by atoms with Crippen molar-refractivity contribution in [2.24, 2.45) is 5.92 Å². The molecular weight excluding hydrogens is 399 g/mol. The highest BCUT2D eigenvalue weighted by Gasteiger charge is 2.28. The van der Waals surface area contributed by atoms with Crippen LogP contribution in [0.2, 0.25) is 0 Å². The lowest BCUT2D eigenvalue weighted by molar-refractivity contribution is 0.0691. The number of aliphatic hydroxyl groups is 1. The number of fused-ring (bicyclic) bond motifs is 1. The second-order valence-electron chi connectivity index (χ2n) is 8.85. The van der Waals surface area contributed by atoms with E-state index in [2.05, 4.69) is 4.90 Å². The van der Waals surface area contributed by atoms with Crippen LogP contribution in [0.1, 0.15) is 53.6 Å². The molecule has 1 fully saturated rings. The summed E-state index contributed by atoms with van der Waals surface area (Å²) in [7, 11) is 0. The third kappa shape index (κ3) is 4.77. The molecule has 0 radical (unpaired) electrons. The predicted molar refractivity (Wildman–Crippen MR) is 115 cm³/mol. The van der Waals surface area contributed by atoms with Crippen molar-refractivity contribution < 1.29 is 24.5 Å². The zero-order valence-electron chi connectivity index (χ0n) is 17.8. The highest BCUT2D eigenvalue weighted by Crippen LogP contribution is 2.38. The number of rotatable bonds is 7. The largest absolute Gasteiger partial charge is 0.494 e. The summed E-state index contributed by atoms with van der Waals surface area (Å²) in [4.78, 5) is 14.8. The van der Waals surface area contributed by atoms with Crippen LogP contribution in [0.15, 0.2) is 24.3 Å². The van der Waals surface area contributed by atoms with Gasteiger partial charge < -0.3 is 20.2 Å². The monoisotopic (exact) mass is 430 g/mol. The predicted octanol–water partition coefficient (Wildman–Crippen LogP) is 3.26. The van der Waals surface area contributed by atoms with E-state index in [1.807, 2.05) is 0 Å². The molecule has 2 heterocycles. The summed E-state index contributed by atoms with van der Waals surface area (Å²) in [6, 6.07) is 5.71. The SMILES string of the molecule is O=C(c1ccc(F)cc1)C1CCN(CC(O)CCn2c(O)c3c(c2O)CCCC3)CC1. The molecule has 1 saturated heterocycles. The molecular formula is C24H31FN2O4. The van der Waals surface area contributed by atoms with Crippen molar-refractivity contribution in [2.75, 3.05) is 19.6 Å². The third-order valence-electron chi connectivity index (χ3n) is 6.76. The Morgan fingerprint density at radius 2 is 1.61 bits per heavy atom. The van der Waals surface area contributed by atoms with Crippen LogP contribution in [-0.4, -0.2) is 56.3 Å². The molecule has 3 N–H and O–H groups in total. The number of likely N-dealkylation sites (tertiary alicyclic amines) is 1. The minimum absolute atomic E-state index is 0.0581. The number of hydrogen-bond acceptors (Lipinski definition) is 5. The van der Waals surface area contributed by atoms with E-state index in [4.69, 9.17) is 0 Å². The van der Waals surface area contributed by atoms with Crippen LogP contribution >= 0.6 is 0 Å². The highest BCUT2D eigenvalue weighted by atomic mass is 19.1. The minimum Gasteiger partial charge on any atom is -0.494 e. The second-order valence-corrected chi connectivity index (χ2v) is 8.85. The number of nitrogens with zero attached hydrogens (tertiary/aromatic N) is 2. The van der Waals surface area contributed by atoms with Gasteiger partial charge in [0.15, 0.2) is 17.5 Å². The lowest BCUT2D eigenvalue weighted by Crippen LogP contribution is -2.40. The Labute approximate surface area is 181 Å². The summed E-state index contributed by atoms with van der Waals surface area (Å²) in [5.74, 6) is -0.0808. The van der Waals surface area contributed by atoms with Crippen molar-refractivity contribution in [3.63, 3.8) is 0 Å². The van der Waals surface area contributed by atoms with Crippen LogP contribution in [0.25, 0.3) is 0 Å². The number of carbonyl (C=O) groups is 1. The van der Waals surface area contributed by atoms with Crippen LogP contribution in [0.4, 0.5) is 4.39 Å². The number of carbonyl (C=O) groups excluding carboxylic acids is 1. The molecule has 7 heteroatoms. The quantitative estimate of drug-likeness (QED) is 0.587. The van der Waals surface area contributed by atoms with E-state index in [0.29, 0.717) is 25.1 Å². The summed E-state index contributed by atoms with van der Waals surface area (Å²) >= 11 is 0. The average Bonchev–Trinajstić information content (AvgIpc) is 3.03. The second kappa shape index (κ2) is 9.40. The first kappa shape index (κ1) is 21.8. The van der Waals surface area contributed by atoms with Crippen molar-refractivity contribution in [2.45, 2.75) is 57.6 Å². The lowest BCUT2D eigenvalue weighted by Gasteiger charge is -2.32. The molecule has 0 bridgehead atoms. The molecule has 168 valence electrons. The molecule has 1 unspecified atom stereocenters. The van der Waals surface area contributed by atoms with Crippen LogP contribution in [0.5, 0.6) is 11.8 Å². The van der Waals surface area contributed by atoms with E-state index in [1.165, 1.54) is 28.8 Å². The maximum Gasteiger partial charge on any atom is 0.197 e. The topological polar surface area (TPSA) is 85.9 Å². The van der Waals surface area contributed by atoms with Gasteiger partial charge in [0.2, 0.25) is 0 Å². The maximum absolute atomic E-state index is 13.1. The number of aromatic nitrogens is 1. The Balaban J connectivity index is 1.25. The number of β-amino-alcohol motifs (C(OH)–C–C–N with tert-alkyl or cyclic N) is 1. The van der Waals surface area contributed by atoms with E-state index in [1.54, 1.807) is 0 Å². The average molecular weight is 431 g/mol. The molecule has 0 amide bonds. The minimum atomic E-state index is -0.581. The number of aromatic hydroxyl groups is 2. The smallest absolute Gasteiger partial charge is 0.197 e. The Kier molecular flexibility index (Phi) is 6.62. The van der Waals surface area contributed by atoms with E-state index < -0.39 is 6.10 Å². The van der Waals surface area contributed by atoms with Gasteiger partial charge in [-0.2, -0.15) is 0 Å². The normalized spacial score (nSPS) is 18.6. The number of halogens is 1. The van der Waals surface area contributed by atoms with Gasteiger partial charge in [-0.3, -0.25) is 9.36 Å². The summed E-state index contributed by atoms with van der Waals surface area (Å²) in [5.41, 5.74) is 2.26. The summed E-state index contributed by atoms with van der Waals surface area (Å²) in [6.07, 6.45) is 4.90. The standard InChI is InChI=1S/C24H31FN2O4/c25-18-7-5-16(6-8-18)22(29)17-9-12-26(13-10-17)15-19(28)11-14-27-23(30)20-3-1-2-4-21(20)24(27)31/h5-8,17,19,28,30-31H,1-4,9-15H2. The summed E-state index contributed by atoms with van der Waals surface area (Å²) in [6.45, 7) is 2.32. The molecule has 1 aliphatic heterocycles. The zero-order valence-corrected chi connectivity index (χ0v) is 17.8. The fraction of sp³-hybridized carbons (Fsp3) is 0.542. The van der Waals surface area contributed by atoms with Gasteiger partial charge in [-0.1, -0.05) is 0 Å². The van der Waals surface area contributed by atoms with Gasteiger partial charge >= 0.3 is 0 Å². The van der Waals surface area contributed by atoms with Gasteiger partial charge in [0.25, 0.3) is 0 Å². The van der Waals surface area contributed by atoms with E-state index in [9.17, 15) is 24.5 Å². The van der Waals surface area contributed by atoms with Crippen molar-refractivity contribution in [3.8, 4) is 11.8 Å². The van der Waals surface area contributed by atoms with Crippen molar-refractivity contribution in [3.05, 3.63) is 46.8 Å². The molecule has 31 heavy (non-hydrogen) atoms. The van der Waals surface area contributed by atoms with Gasteiger partial charge in [-0.15, -0.1) is 0 Å². The molecule has 2 aliphatic rings. The molecule has 1 aromatic carbocycles. The number of Topliss-reactive ketones (excluding diaryl/α,β-unsaturated/α-hetero) is 1. The fourth-order valence-corrected chi connectivity index (χ4v) is 4.93. The van der Waals surface area contributed by atoms with Crippen molar-refractivity contribution in [1.29, 1.82) is 0 Å². The van der Waals surface area contributed by atoms with Gasteiger partial charge in [0.05, 0.1) is 6.10 Å². The van der Waals surface area contributed by atoms with Crippen LogP contribution in [0.3, 0.4) is 0 Å². The Morgan fingerprint density at radius 1 is 1.03 bits per heavy atom. The van der Waals surface area contributed by atoms with Crippen LogP contribution in [0, 0.1) is 11.7 Å². The molecule has 1 aromatic heterocycles. The Morgan fingerprint density at radius 3 is 2.19 bits per heavy atom. The Hall–Kier alpha value is -2.38. The van der Waals surface area contributed by atoms with E-state index in [-0.39, 0.29) is 29.3 Å². The van der Waals surface area contributed by atoms with Crippen molar-refractivity contribution >= 4 is 5.78 Å². The molecule has 4 rings (SSSR count). The lowest BCUT2D eigenvalue weighted by atomic mass is 9.89. The maximum atomic E-state index is 13.1. The number of ketones is 1. The zero-order chi connectivity index (χ0) is 22.0. The number of hydrogen-bond donors (Lipinski definition) is 3. The fourth-order valence-electron chi connectivity index (χ4n) is 4.93. The molecule has 1 atom stereocenters.